The van der Waals surface area contributed by atoms with Crippen LogP contribution in [0.25, 0.3) is 0 Å². The van der Waals surface area contributed by atoms with Gasteiger partial charge in [0.15, 0.2) is 18.0 Å². The van der Waals surface area contributed by atoms with Gasteiger partial charge in [-0.15, -0.1) is 0 Å². The van der Waals surface area contributed by atoms with Crippen LogP contribution >= 0.6 is 0 Å². The molecule has 3 rings (SSSR count). The van der Waals surface area contributed by atoms with E-state index in [1.54, 1.807) is 18.7 Å². The number of likely N-dealkylation sites (tertiary alicyclic amines) is 1. The van der Waals surface area contributed by atoms with Crippen LogP contribution in [0.15, 0.2) is 30.3 Å². The average molecular weight is 347 g/mol. The van der Waals surface area contributed by atoms with Crippen molar-refractivity contribution in [3.8, 4) is 0 Å². The van der Waals surface area contributed by atoms with Crippen LogP contribution in [-0.4, -0.2) is 46.4 Å². The fraction of sp³-hybridized carbons (Fsp3) is 0.579. The van der Waals surface area contributed by atoms with Crippen molar-refractivity contribution in [3.63, 3.8) is 0 Å². The predicted molar refractivity (Wildman–Crippen MR) is 90.8 cm³/mol. The van der Waals surface area contributed by atoms with Crippen LogP contribution in [0.3, 0.4) is 0 Å². The molecule has 0 saturated carbocycles. The van der Waals surface area contributed by atoms with E-state index in [0.29, 0.717) is 6.54 Å². The Morgan fingerprint density at radius 3 is 2.44 bits per heavy atom. The molecule has 136 valence electrons. The number of nitrogens with zero attached hydrogens (tertiary/aromatic N) is 1. The number of carbonyl (C=O) groups excluding carboxylic acids is 1. The summed E-state index contributed by atoms with van der Waals surface area (Å²) in [7, 11) is 0. The Labute approximate surface area is 147 Å². The number of carbonyl (C=O) groups is 2. The van der Waals surface area contributed by atoms with Crippen LogP contribution in [-0.2, 0) is 24.6 Å². The minimum absolute atomic E-state index is 0.304. The van der Waals surface area contributed by atoms with E-state index in [9.17, 15) is 14.7 Å². The lowest BCUT2D eigenvalue weighted by Gasteiger charge is -2.40. The fourth-order valence-electron chi connectivity index (χ4n) is 4.10. The van der Waals surface area contributed by atoms with Gasteiger partial charge in [-0.2, -0.15) is 0 Å². The first-order valence-corrected chi connectivity index (χ1v) is 8.76. The SMILES string of the molecule is CCC1(c2ccccc2)CCCN1C(=O)[C@H]1OC(C)(C)O[C@H]1C(=O)O. The first kappa shape index (κ1) is 17.9. The monoisotopic (exact) mass is 347 g/mol. The number of hydrogen-bond acceptors (Lipinski definition) is 4. The third-order valence-electron chi connectivity index (χ3n) is 5.23. The molecule has 0 bridgehead atoms. The molecule has 6 nitrogen and oxygen atoms in total. The van der Waals surface area contributed by atoms with Crippen LogP contribution in [0.1, 0.15) is 45.6 Å². The molecule has 1 unspecified atom stereocenters. The standard InChI is InChI=1S/C19H25NO5/c1-4-19(13-9-6-5-7-10-13)11-8-12-20(19)16(21)14-15(17(22)23)25-18(2,3)24-14/h5-7,9-10,14-15H,4,8,11-12H2,1-3H3,(H,22,23)/t14-,15+,19?/m0/s1. The highest BCUT2D eigenvalue weighted by Gasteiger charge is 2.54. The Balaban J connectivity index is 1.94. The number of ether oxygens (including phenoxy) is 2. The molecule has 2 aliphatic rings. The topological polar surface area (TPSA) is 76.1 Å². The van der Waals surface area contributed by atoms with Crippen LogP contribution in [0.4, 0.5) is 0 Å². The molecular weight excluding hydrogens is 322 g/mol. The maximum atomic E-state index is 13.3. The third-order valence-corrected chi connectivity index (χ3v) is 5.23. The van der Waals surface area contributed by atoms with Crippen molar-refractivity contribution >= 4 is 11.9 Å². The van der Waals surface area contributed by atoms with E-state index in [-0.39, 0.29) is 5.91 Å². The van der Waals surface area contributed by atoms with Gasteiger partial charge in [0.25, 0.3) is 5.91 Å². The molecule has 1 amide bonds. The number of aliphatic carboxylic acids is 1. The normalized spacial score (nSPS) is 31.2. The molecule has 0 radical (unpaired) electrons. The molecule has 2 aliphatic heterocycles. The summed E-state index contributed by atoms with van der Waals surface area (Å²) in [6.07, 6.45) is 0.0860. The summed E-state index contributed by atoms with van der Waals surface area (Å²) in [5.74, 6) is -2.57. The van der Waals surface area contributed by atoms with Gasteiger partial charge >= 0.3 is 5.97 Å². The molecule has 2 heterocycles. The molecule has 0 aromatic heterocycles. The molecule has 1 aromatic carbocycles. The molecule has 25 heavy (non-hydrogen) atoms. The summed E-state index contributed by atoms with van der Waals surface area (Å²) >= 11 is 0. The van der Waals surface area contributed by atoms with Gasteiger partial charge in [-0.25, -0.2) is 4.79 Å². The molecule has 2 fully saturated rings. The lowest BCUT2D eigenvalue weighted by molar-refractivity contribution is -0.168. The van der Waals surface area contributed by atoms with Crippen LogP contribution < -0.4 is 0 Å². The fourth-order valence-corrected chi connectivity index (χ4v) is 4.10. The minimum atomic E-state index is -1.28. The zero-order chi connectivity index (χ0) is 18.2. The largest absolute Gasteiger partial charge is 0.479 e. The zero-order valence-corrected chi connectivity index (χ0v) is 14.9. The van der Waals surface area contributed by atoms with Crippen LogP contribution in [0.2, 0.25) is 0 Å². The third kappa shape index (κ3) is 3.04. The van der Waals surface area contributed by atoms with E-state index in [1.807, 2.05) is 30.3 Å². The molecule has 0 spiro atoms. The molecule has 1 N–H and O–H groups in total. The van der Waals surface area contributed by atoms with Gasteiger partial charge in [0, 0.05) is 6.54 Å². The Kier molecular flexibility index (Phi) is 4.60. The quantitative estimate of drug-likeness (QED) is 0.906. The van der Waals surface area contributed by atoms with Gasteiger partial charge in [0.2, 0.25) is 0 Å². The molecular formula is C19H25NO5. The first-order valence-electron chi connectivity index (χ1n) is 8.76. The summed E-state index contributed by atoms with van der Waals surface area (Å²) in [6, 6.07) is 9.93. The van der Waals surface area contributed by atoms with Gasteiger partial charge in [-0.05, 0) is 38.7 Å². The molecule has 1 aromatic rings. The van der Waals surface area contributed by atoms with Crippen LogP contribution in [0.5, 0.6) is 0 Å². The molecule has 2 saturated heterocycles. The summed E-state index contributed by atoms with van der Waals surface area (Å²) < 4.78 is 11.1. The second-order valence-corrected chi connectivity index (χ2v) is 7.16. The van der Waals surface area contributed by atoms with Crippen molar-refractivity contribution in [2.75, 3.05) is 6.54 Å². The maximum absolute atomic E-state index is 13.3. The zero-order valence-electron chi connectivity index (χ0n) is 14.9. The van der Waals surface area contributed by atoms with Crippen LogP contribution in [0, 0.1) is 0 Å². The second kappa shape index (κ2) is 6.42. The molecule has 6 heteroatoms. The molecule has 3 atom stereocenters. The summed E-state index contributed by atoms with van der Waals surface area (Å²) in [6.45, 7) is 5.91. The van der Waals surface area contributed by atoms with Crippen molar-refractivity contribution in [2.45, 2.75) is 63.6 Å². The number of hydrogen-bond donors (Lipinski definition) is 1. The van der Waals surface area contributed by atoms with E-state index >= 15 is 0 Å². The lowest BCUT2D eigenvalue weighted by atomic mass is 9.84. The van der Waals surface area contributed by atoms with E-state index in [0.717, 1.165) is 24.8 Å². The number of amides is 1. The number of carboxylic acids is 1. The smallest absolute Gasteiger partial charge is 0.336 e. The summed E-state index contributed by atoms with van der Waals surface area (Å²) in [5, 5.41) is 9.44. The summed E-state index contributed by atoms with van der Waals surface area (Å²) in [5.41, 5.74) is 0.658. The highest BCUT2D eigenvalue weighted by atomic mass is 16.8. The number of carboxylic acid groups (broad SMARTS) is 1. The van der Waals surface area contributed by atoms with E-state index in [1.165, 1.54) is 0 Å². The van der Waals surface area contributed by atoms with Crippen molar-refractivity contribution in [1.82, 2.24) is 4.90 Å². The lowest BCUT2D eigenvalue weighted by Crippen LogP contribution is -2.52. The second-order valence-electron chi connectivity index (χ2n) is 7.16. The summed E-state index contributed by atoms with van der Waals surface area (Å²) in [4.78, 5) is 26.6. The Morgan fingerprint density at radius 2 is 1.84 bits per heavy atom. The Bertz CT molecular complexity index is 659. The van der Waals surface area contributed by atoms with E-state index < -0.39 is 29.5 Å². The van der Waals surface area contributed by atoms with Gasteiger partial charge in [0.05, 0.1) is 5.54 Å². The number of rotatable bonds is 4. The highest BCUT2D eigenvalue weighted by molar-refractivity contribution is 5.89. The minimum Gasteiger partial charge on any atom is -0.479 e. The average Bonchev–Trinajstić information content (AvgIpc) is 3.16. The van der Waals surface area contributed by atoms with Gasteiger partial charge < -0.3 is 19.5 Å². The maximum Gasteiger partial charge on any atom is 0.336 e. The van der Waals surface area contributed by atoms with Gasteiger partial charge in [-0.3, -0.25) is 4.79 Å². The molecule has 0 aliphatic carbocycles. The van der Waals surface area contributed by atoms with Crippen molar-refractivity contribution in [2.24, 2.45) is 0 Å². The van der Waals surface area contributed by atoms with Gasteiger partial charge in [0.1, 0.15) is 0 Å². The van der Waals surface area contributed by atoms with Gasteiger partial charge in [-0.1, -0.05) is 37.3 Å². The van der Waals surface area contributed by atoms with Crippen molar-refractivity contribution in [1.29, 1.82) is 0 Å². The van der Waals surface area contributed by atoms with E-state index in [2.05, 4.69) is 6.92 Å². The van der Waals surface area contributed by atoms with Crippen molar-refractivity contribution in [3.05, 3.63) is 35.9 Å². The first-order chi connectivity index (χ1) is 11.8. The van der Waals surface area contributed by atoms with E-state index in [4.69, 9.17) is 9.47 Å². The van der Waals surface area contributed by atoms with Crippen molar-refractivity contribution < 1.29 is 24.2 Å². The predicted octanol–water partition coefficient (Wildman–Crippen LogP) is 2.52. The highest BCUT2D eigenvalue weighted by Crippen LogP contribution is 2.43. The number of benzene rings is 1. The Morgan fingerprint density at radius 1 is 1.20 bits per heavy atom. The Hall–Kier alpha value is -1.92.